The Morgan fingerprint density at radius 2 is 2.29 bits per heavy atom. The molecule has 0 saturated heterocycles. The molecule has 92 valence electrons. The van der Waals surface area contributed by atoms with E-state index in [1.165, 1.54) is 19.2 Å². The Morgan fingerprint density at radius 3 is 2.88 bits per heavy atom. The maximum atomic E-state index is 10.9. The number of nitro groups is 1. The van der Waals surface area contributed by atoms with Gasteiger partial charge in [-0.25, -0.2) is 0 Å². The third-order valence-electron chi connectivity index (χ3n) is 2.09. The van der Waals surface area contributed by atoms with Crippen LogP contribution in [0.4, 0.5) is 5.69 Å². The quantitative estimate of drug-likeness (QED) is 0.492. The molecule has 1 aromatic carbocycles. The number of nitrogens with one attached hydrogen (secondary N) is 1. The van der Waals surface area contributed by atoms with Crippen molar-refractivity contribution in [1.82, 2.24) is 5.32 Å². The lowest BCUT2D eigenvalue weighted by Gasteiger charge is -2.06. The number of nitro benzene ring substituents is 1. The number of halogens is 1. The lowest BCUT2D eigenvalue weighted by molar-refractivity contribution is -0.385. The highest BCUT2D eigenvalue weighted by molar-refractivity contribution is 6.31. The molecule has 0 bridgehead atoms. The zero-order valence-corrected chi connectivity index (χ0v) is 9.86. The van der Waals surface area contributed by atoms with Crippen LogP contribution in [-0.4, -0.2) is 24.5 Å². The Morgan fingerprint density at radius 1 is 1.59 bits per heavy atom. The van der Waals surface area contributed by atoms with E-state index in [0.717, 1.165) is 0 Å². The number of methoxy groups -OCH3 is 1. The van der Waals surface area contributed by atoms with Crippen LogP contribution in [0.2, 0.25) is 5.02 Å². The Hall–Kier alpha value is -1.66. The van der Waals surface area contributed by atoms with Crippen LogP contribution in [-0.2, 0) is 16.1 Å². The summed E-state index contributed by atoms with van der Waals surface area (Å²) in [5, 5.41) is 13.8. The molecule has 7 heteroatoms. The van der Waals surface area contributed by atoms with Crippen LogP contribution in [0.3, 0.4) is 0 Å². The van der Waals surface area contributed by atoms with E-state index in [2.05, 4.69) is 10.1 Å². The normalized spacial score (nSPS) is 10.0. The van der Waals surface area contributed by atoms with E-state index in [-0.39, 0.29) is 23.8 Å². The van der Waals surface area contributed by atoms with Gasteiger partial charge in [-0.3, -0.25) is 14.9 Å². The van der Waals surface area contributed by atoms with Gasteiger partial charge < -0.3 is 10.1 Å². The smallest absolute Gasteiger partial charge is 0.319 e. The summed E-state index contributed by atoms with van der Waals surface area (Å²) in [5.74, 6) is -0.445. The van der Waals surface area contributed by atoms with Gasteiger partial charge in [0.2, 0.25) is 0 Å². The number of rotatable bonds is 5. The third kappa shape index (κ3) is 3.69. The number of hydrogen-bond donors (Lipinski definition) is 1. The molecular weight excluding hydrogens is 248 g/mol. The first-order chi connectivity index (χ1) is 8.06. The van der Waals surface area contributed by atoms with Gasteiger partial charge >= 0.3 is 5.97 Å². The van der Waals surface area contributed by atoms with Crippen LogP contribution >= 0.6 is 11.6 Å². The van der Waals surface area contributed by atoms with E-state index >= 15 is 0 Å². The molecule has 1 N–H and O–H groups in total. The van der Waals surface area contributed by atoms with Crippen molar-refractivity contribution in [1.29, 1.82) is 0 Å². The summed E-state index contributed by atoms with van der Waals surface area (Å²) < 4.78 is 4.43. The van der Waals surface area contributed by atoms with Gasteiger partial charge in [-0.1, -0.05) is 17.7 Å². The highest BCUT2D eigenvalue weighted by Gasteiger charge is 2.16. The minimum Gasteiger partial charge on any atom is -0.468 e. The molecule has 0 radical (unpaired) electrons. The summed E-state index contributed by atoms with van der Waals surface area (Å²) in [4.78, 5) is 21.1. The van der Waals surface area contributed by atoms with Gasteiger partial charge in [0.1, 0.15) is 0 Å². The fraction of sp³-hybridized carbons (Fsp3) is 0.300. The molecule has 0 spiro atoms. The molecular formula is C10H11ClN2O4. The molecule has 1 aromatic rings. The van der Waals surface area contributed by atoms with E-state index in [1.54, 1.807) is 6.07 Å². The molecule has 0 unspecified atom stereocenters. The largest absolute Gasteiger partial charge is 0.468 e. The summed E-state index contributed by atoms with van der Waals surface area (Å²) in [6.07, 6.45) is 0. The van der Waals surface area contributed by atoms with Crippen molar-refractivity contribution in [2.75, 3.05) is 13.7 Å². The highest BCUT2D eigenvalue weighted by Crippen LogP contribution is 2.25. The maximum Gasteiger partial charge on any atom is 0.319 e. The zero-order valence-electron chi connectivity index (χ0n) is 9.10. The van der Waals surface area contributed by atoms with Crippen molar-refractivity contribution in [3.8, 4) is 0 Å². The maximum absolute atomic E-state index is 10.9. The van der Waals surface area contributed by atoms with E-state index in [9.17, 15) is 14.9 Å². The van der Waals surface area contributed by atoms with Crippen molar-refractivity contribution in [2.24, 2.45) is 0 Å². The second kappa shape index (κ2) is 6.17. The van der Waals surface area contributed by atoms with E-state index in [4.69, 9.17) is 11.6 Å². The Balaban J connectivity index is 2.76. The summed E-state index contributed by atoms with van der Waals surface area (Å²) in [5.41, 5.74) is 0.276. The summed E-state index contributed by atoms with van der Waals surface area (Å²) >= 11 is 5.86. The molecule has 0 aliphatic rings. The Bertz CT molecular complexity index is 436. The number of carbonyl (C=O) groups is 1. The molecule has 0 fully saturated rings. The summed E-state index contributed by atoms with van der Waals surface area (Å²) in [7, 11) is 1.27. The minimum atomic E-state index is -0.513. The fourth-order valence-corrected chi connectivity index (χ4v) is 1.49. The zero-order chi connectivity index (χ0) is 12.8. The molecule has 0 amide bonds. The SMILES string of the molecule is COC(=O)CNCc1c(Cl)cccc1[N+](=O)[O-]. The molecule has 0 aromatic heterocycles. The first-order valence-electron chi connectivity index (χ1n) is 4.75. The van der Waals surface area contributed by atoms with Gasteiger partial charge in [-0.2, -0.15) is 0 Å². The van der Waals surface area contributed by atoms with Crippen LogP contribution < -0.4 is 5.32 Å². The van der Waals surface area contributed by atoms with Gasteiger partial charge in [0.25, 0.3) is 5.69 Å². The lowest BCUT2D eigenvalue weighted by atomic mass is 10.2. The predicted molar refractivity (Wildman–Crippen MR) is 61.8 cm³/mol. The summed E-state index contributed by atoms with van der Waals surface area (Å²) in [6.45, 7) is 0.101. The highest BCUT2D eigenvalue weighted by atomic mass is 35.5. The molecule has 0 saturated carbocycles. The van der Waals surface area contributed by atoms with E-state index in [0.29, 0.717) is 5.56 Å². The van der Waals surface area contributed by atoms with Crippen LogP contribution in [0.15, 0.2) is 18.2 Å². The molecule has 17 heavy (non-hydrogen) atoms. The second-order valence-corrected chi connectivity index (χ2v) is 3.58. The Kier molecular flexibility index (Phi) is 4.86. The molecule has 0 heterocycles. The van der Waals surface area contributed by atoms with Gasteiger partial charge in [-0.15, -0.1) is 0 Å². The molecule has 0 aliphatic heterocycles. The average molecular weight is 259 g/mol. The van der Waals surface area contributed by atoms with Gasteiger partial charge in [-0.05, 0) is 6.07 Å². The van der Waals surface area contributed by atoms with Crippen molar-refractivity contribution in [3.05, 3.63) is 38.9 Å². The van der Waals surface area contributed by atoms with E-state index < -0.39 is 10.9 Å². The number of ether oxygens (including phenoxy) is 1. The average Bonchev–Trinajstić information content (AvgIpc) is 2.30. The second-order valence-electron chi connectivity index (χ2n) is 3.17. The third-order valence-corrected chi connectivity index (χ3v) is 2.44. The number of benzene rings is 1. The summed E-state index contributed by atoms with van der Waals surface area (Å²) in [6, 6.07) is 4.43. The van der Waals surface area contributed by atoms with Crippen LogP contribution in [0.5, 0.6) is 0 Å². The van der Waals surface area contributed by atoms with Gasteiger partial charge in [0, 0.05) is 12.6 Å². The van der Waals surface area contributed by atoms with Crippen LogP contribution in [0.1, 0.15) is 5.56 Å². The van der Waals surface area contributed by atoms with Gasteiger partial charge in [0.15, 0.2) is 0 Å². The van der Waals surface area contributed by atoms with E-state index in [1.807, 2.05) is 0 Å². The van der Waals surface area contributed by atoms with Crippen molar-refractivity contribution in [2.45, 2.75) is 6.54 Å². The number of carbonyl (C=O) groups excluding carboxylic acids is 1. The molecule has 0 aliphatic carbocycles. The van der Waals surface area contributed by atoms with Crippen LogP contribution in [0, 0.1) is 10.1 Å². The van der Waals surface area contributed by atoms with Crippen molar-refractivity contribution >= 4 is 23.3 Å². The Labute approximate surface area is 103 Å². The molecule has 0 atom stereocenters. The number of nitrogens with zero attached hydrogens (tertiary/aromatic N) is 1. The van der Waals surface area contributed by atoms with Crippen molar-refractivity contribution in [3.63, 3.8) is 0 Å². The van der Waals surface area contributed by atoms with Gasteiger partial charge in [0.05, 0.1) is 29.2 Å². The standard InChI is InChI=1S/C10H11ClN2O4/c1-17-10(14)6-12-5-7-8(11)3-2-4-9(7)13(15)16/h2-4,12H,5-6H2,1H3. The number of esters is 1. The first-order valence-corrected chi connectivity index (χ1v) is 5.13. The fourth-order valence-electron chi connectivity index (χ4n) is 1.26. The molecule has 6 nitrogen and oxygen atoms in total. The predicted octanol–water partition coefficient (Wildman–Crippen LogP) is 1.51. The van der Waals surface area contributed by atoms with Crippen molar-refractivity contribution < 1.29 is 14.5 Å². The lowest BCUT2D eigenvalue weighted by Crippen LogP contribution is -2.23. The van der Waals surface area contributed by atoms with Crippen LogP contribution in [0.25, 0.3) is 0 Å². The molecule has 1 rings (SSSR count). The first kappa shape index (κ1) is 13.4. The topological polar surface area (TPSA) is 81.5 Å². The number of hydrogen-bond acceptors (Lipinski definition) is 5. The monoisotopic (exact) mass is 258 g/mol. The minimum absolute atomic E-state index is 0.0289.